The van der Waals surface area contributed by atoms with Crippen molar-refractivity contribution < 1.29 is 23.6 Å². The Balaban J connectivity index is 1.64. The van der Waals surface area contributed by atoms with Gasteiger partial charge in [0.05, 0.1) is 6.04 Å². The molecule has 3 unspecified atom stereocenters. The third-order valence-corrected chi connectivity index (χ3v) is 8.66. The second kappa shape index (κ2) is 14.3. The normalized spacial score (nSPS) is 20.8. The van der Waals surface area contributed by atoms with Crippen molar-refractivity contribution in [1.29, 1.82) is 0 Å². The van der Waals surface area contributed by atoms with Gasteiger partial charge in [0, 0.05) is 31.1 Å². The van der Waals surface area contributed by atoms with Crippen molar-refractivity contribution in [2.75, 3.05) is 26.2 Å². The number of benzene rings is 2. The van der Waals surface area contributed by atoms with Crippen molar-refractivity contribution >= 4 is 35.2 Å². The van der Waals surface area contributed by atoms with Crippen LogP contribution in [-0.4, -0.2) is 77.7 Å². The van der Waals surface area contributed by atoms with E-state index < -0.39 is 29.5 Å². The number of likely N-dealkylation sites (N-methyl/N-ethyl adjacent to an activating group) is 1. The van der Waals surface area contributed by atoms with Crippen molar-refractivity contribution in [3.8, 4) is 0 Å². The summed E-state index contributed by atoms with van der Waals surface area (Å²) in [5.41, 5.74) is -0.0472. The first kappa shape index (κ1) is 32.4. The molecule has 11 heteroatoms. The van der Waals surface area contributed by atoms with Gasteiger partial charge < -0.3 is 25.8 Å². The Morgan fingerprint density at radius 1 is 1.09 bits per heavy atom. The molecule has 2 fully saturated rings. The minimum atomic E-state index is -1.34. The zero-order valence-electron chi connectivity index (χ0n) is 25.0. The van der Waals surface area contributed by atoms with Crippen LogP contribution >= 0.6 is 11.6 Å². The number of nitrogens with one attached hydrogen (secondary N) is 3. The predicted octanol–water partition coefficient (Wildman–Crippen LogP) is 3.15. The monoisotopic (exact) mass is 613 g/mol. The molecule has 4 amide bonds. The number of amides is 4. The van der Waals surface area contributed by atoms with Crippen LogP contribution in [0.3, 0.4) is 0 Å². The fourth-order valence-corrected chi connectivity index (χ4v) is 6.13. The Labute approximate surface area is 257 Å². The lowest BCUT2D eigenvalue weighted by Gasteiger charge is -2.48. The molecule has 0 saturated carbocycles. The lowest BCUT2D eigenvalue weighted by Crippen LogP contribution is -2.68. The van der Waals surface area contributed by atoms with E-state index in [2.05, 4.69) is 16.0 Å². The van der Waals surface area contributed by atoms with Crippen LogP contribution in [0, 0.1) is 5.82 Å². The molecule has 2 saturated heterocycles. The summed E-state index contributed by atoms with van der Waals surface area (Å²) >= 11 is 6.13. The minimum Gasteiger partial charge on any atom is -0.354 e. The molecule has 2 aliphatic heterocycles. The zero-order valence-corrected chi connectivity index (χ0v) is 25.8. The summed E-state index contributed by atoms with van der Waals surface area (Å²) in [5, 5.41) is 9.45. The lowest BCUT2D eigenvalue weighted by molar-refractivity contribution is -0.162. The summed E-state index contributed by atoms with van der Waals surface area (Å²) in [5.74, 6) is -1.72. The van der Waals surface area contributed by atoms with Gasteiger partial charge in [-0.1, -0.05) is 49.2 Å². The molecular formula is C32H41ClFN5O4. The van der Waals surface area contributed by atoms with E-state index in [1.165, 1.54) is 12.1 Å². The molecular weight excluding hydrogens is 573 g/mol. The molecule has 3 N–H and O–H groups in total. The van der Waals surface area contributed by atoms with Crippen LogP contribution in [0.15, 0.2) is 48.5 Å². The molecule has 43 heavy (non-hydrogen) atoms. The molecule has 4 rings (SSSR count). The number of nitrogens with zero attached hydrogens (tertiary/aromatic N) is 2. The zero-order chi connectivity index (χ0) is 31.1. The van der Waals surface area contributed by atoms with Crippen LogP contribution in [-0.2, 0) is 31.1 Å². The molecule has 0 aliphatic carbocycles. The summed E-state index contributed by atoms with van der Waals surface area (Å²) in [6, 6.07) is 10.5. The van der Waals surface area contributed by atoms with Gasteiger partial charge in [0.2, 0.25) is 23.6 Å². The van der Waals surface area contributed by atoms with E-state index >= 15 is 0 Å². The van der Waals surface area contributed by atoms with E-state index in [1.54, 1.807) is 53.1 Å². The van der Waals surface area contributed by atoms with Crippen molar-refractivity contribution in [3.63, 3.8) is 0 Å². The van der Waals surface area contributed by atoms with Crippen molar-refractivity contribution in [1.82, 2.24) is 25.8 Å². The highest BCUT2D eigenvalue weighted by atomic mass is 35.5. The topological polar surface area (TPSA) is 111 Å². The predicted molar refractivity (Wildman–Crippen MR) is 163 cm³/mol. The minimum absolute atomic E-state index is 0.114. The first-order chi connectivity index (χ1) is 20.6. The van der Waals surface area contributed by atoms with E-state index in [-0.39, 0.29) is 43.1 Å². The molecule has 2 aliphatic rings. The van der Waals surface area contributed by atoms with Gasteiger partial charge in [-0.2, -0.15) is 0 Å². The largest absolute Gasteiger partial charge is 0.354 e. The highest BCUT2D eigenvalue weighted by molar-refractivity contribution is 6.30. The molecule has 0 bridgehead atoms. The fraction of sp³-hybridized carbons (Fsp3) is 0.500. The van der Waals surface area contributed by atoms with Gasteiger partial charge in [-0.25, -0.2) is 4.39 Å². The second-order valence-corrected chi connectivity index (χ2v) is 11.7. The van der Waals surface area contributed by atoms with Gasteiger partial charge >= 0.3 is 0 Å². The Morgan fingerprint density at radius 3 is 2.40 bits per heavy atom. The van der Waals surface area contributed by atoms with Crippen LogP contribution < -0.4 is 16.0 Å². The van der Waals surface area contributed by atoms with Crippen molar-refractivity contribution in [2.45, 2.75) is 76.5 Å². The Hall–Kier alpha value is -3.50. The SMILES string of the molecule is CCC[C@H]1C(=O)N(C(C)(C(=O)NCC)c2ccc(Cl)cc2)CCN1C(=O)C(Cc1ccc(F)cc1)NC(=O)C1CCCN1. The maximum absolute atomic E-state index is 14.3. The van der Waals surface area contributed by atoms with Gasteiger partial charge in [0.15, 0.2) is 0 Å². The summed E-state index contributed by atoms with van der Waals surface area (Å²) in [6.07, 6.45) is 2.68. The molecule has 2 aromatic carbocycles. The number of carbonyl (C=O) groups is 4. The van der Waals surface area contributed by atoms with E-state index in [1.807, 2.05) is 13.8 Å². The summed E-state index contributed by atoms with van der Waals surface area (Å²) < 4.78 is 13.6. The molecule has 2 aromatic rings. The summed E-state index contributed by atoms with van der Waals surface area (Å²) in [7, 11) is 0. The number of rotatable bonds is 11. The molecule has 4 atom stereocenters. The quantitative estimate of drug-likeness (QED) is 0.361. The van der Waals surface area contributed by atoms with Gasteiger partial charge in [0.25, 0.3) is 0 Å². The van der Waals surface area contributed by atoms with Crippen LogP contribution in [0.4, 0.5) is 4.39 Å². The molecule has 0 radical (unpaired) electrons. The van der Waals surface area contributed by atoms with Crippen molar-refractivity contribution in [3.05, 3.63) is 70.5 Å². The van der Waals surface area contributed by atoms with Crippen LogP contribution in [0.5, 0.6) is 0 Å². The van der Waals surface area contributed by atoms with Gasteiger partial charge in [0.1, 0.15) is 23.4 Å². The third kappa shape index (κ3) is 7.18. The van der Waals surface area contributed by atoms with Crippen molar-refractivity contribution in [2.24, 2.45) is 0 Å². The molecule has 232 valence electrons. The first-order valence-electron chi connectivity index (χ1n) is 15.0. The lowest BCUT2D eigenvalue weighted by atomic mass is 9.86. The van der Waals surface area contributed by atoms with Gasteiger partial charge in [-0.15, -0.1) is 0 Å². The Bertz CT molecular complexity index is 1300. The summed E-state index contributed by atoms with van der Waals surface area (Å²) in [6.45, 7) is 6.86. The van der Waals surface area contributed by atoms with Gasteiger partial charge in [-0.3, -0.25) is 19.2 Å². The highest BCUT2D eigenvalue weighted by Crippen LogP contribution is 2.34. The molecule has 2 heterocycles. The smallest absolute Gasteiger partial charge is 0.250 e. The Kier molecular flexibility index (Phi) is 10.8. The van der Waals surface area contributed by atoms with E-state index in [4.69, 9.17) is 11.6 Å². The van der Waals surface area contributed by atoms with Crippen LogP contribution in [0.2, 0.25) is 5.02 Å². The van der Waals surface area contributed by atoms with E-state index in [0.29, 0.717) is 42.0 Å². The standard InChI is InChI=1S/C32H41ClFN5O4/c1-4-7-27-30(42)39(32(3,31(43)35-5-2)22-11-13-23(33)14-12-22)19-18-38(27)29(41)26(20-21-9-15-24(34)16-10-21)37-28(40)25-8-6-17-36-25/h9-16,25-27,36H,4-8,17-20H2,1-3H3,(H,35,43)(H,37,40)/t25?,26?,27-,32?/m0/s1. The average Bonchev–Trinajstić information content (AvgIpc) is 3.54. The number of piperazine rings is 1. The van der Waals surface area contributed by atoms with Crippen LogP contribution in [0.1, 0.15) is 57.6 Å². The fourth-order valence-electron chi connectivity index (χ4n) is 6.00. The third-order valence-electron chi connectivity index (χ3n) is 8.41. The van der Waals surface area contributed by atoms with Gasteiger partial charge in [-0.05, 0) is 75.0 Å². The number of hydrogen-bond donors (Lipinski definition) is 3. The maximum atomic E-state index is 14.3. The maximum Gasteiger partial charge on any atom is 0.250 e. The van der Waals surface area contributed by atoms with E-state index in [9.17, 15) is 23.6 Å². The molecule has 0 aromatic heterocycles. The van der Waals surface area contributed by atoms with Crippen LogP contribution in [0.25, 0.3) is 0 Å². The Morgan fingerprint density at radius 2 is 1.79 bits per heavy atom. The number of halogens is 2. The molecule has 9 nitrogen and oxygen atoms in total. The molecule has 0 spiro atoms. The first-order valence-corrected chi connectivity index (χ1v) is 15.4. The summed E-state index contributed by atoms with van der Waals surface area (Å²) in [4.78, 5) is 58.2. The number of hydrogen-bond acceptors (Lipinski definition) is 5. The highest BCUT2D eigenvalue weighted by Gasteiger charge is 2.49. The van der Waals surface area contributed by atoms with E-state index in [0.717, 1.165) is 13.0 Å². The second-order valence-electron chi connectivity index (χ2n) is 11.3. The number of carbonyl (C=O) groups excluding carboxylic acids is 4. The average molecular weight is 614 g/mol.